The van der Waals surface area contributed by atoms with Gasteiger partial charge >= 0.3 is 0 Å². The molecule has 0 saturated carbocycles. The van der Waals surface area contributed by atoms with E-state index in [0.717, 1.165) is 42.1 Å². The fourth-order valence-electron chi connectivity index (χ4n) is 2.50. The lowest BCUT2D eigenvalue weighted by Crippen LogP contribution is -2.19. The second kappa shape index (κ2) is 4.28. The van der Waals surface area contributed by atoms with E-state index in [0.29, 0.717) is 5.92 Å². The molecular weight excluding hydrogens is 226 g/mol. The van der Waals surface area contributed by atoms with E-state index in [4.69, 9.17) is 15.1 Å². The Kier molecular flexibility index (Phi) is 2.74. The molecule has 0 fully saturated rings. The van der Waals surface area contributed by atoms with E-state index >= 15 is 0 Å². The Morgan fingerprint density at radius 3 is 3.11 bits per heavy atom. The van der Waals surface area contributed by atoms with Gasteiger partial charge in [-0.15, -0.1) is 0 Å². The number of nitrogens with one attached hydrogen (secondary N) is 1. The minimum atomic E-state index is -0.0176. The molecule has 0 aliphatic heterocycles. The van der Waals surface area contributed by atoms with E-state index in [9.17, 15) is 0 Å². The van der Waals surface area contributed by atoms with Crippen LogP contribution in [0.3, 0.4) is 0 Å². The Bertz CT molecular complexity index is 555. The number of rotatable bonds is 3. The fraction of sp³-hybridized carbons (Fsp3) is 0.500. The highest BCUT2D eigenvalue weighted by Crippen LogP contribution is 2.34. The van der Waals surface area contributed by atoms with E-state index < -0.39 is 0 Å². The number of imidazole rings is 1. The summed E-state index contributed by atoms with van der Waals surface area (Å²) in [5.74, 6) is 2.38. The Morgan fingerprint density at radius 1 is 1.50 bits per heavy atom. The van der Waals surface area contributed by atoms with Crippen LogP contribution in [-0.2, 0) is 12.8 Å². The maximum absolute atomic E-state index is 6.24. The monoisotopic (exact) mass is 245 g/mol. The molecule has 2 aromatic heterocycles. The highest BCUT2D eigenvalue weighted by molar-refractivity contribution is 5.66. The molecule has 0 bridgehead atoms. The standard InChI is InChI=1S/C14H19N3O/c1-3-8(2)12(15)14-16-10-4-5-11-9(6-7-18-11)13(10)17-14/h6-8,12H,3-5,15H2,1-2H3,(H,16,17). The summed E-state index contributed by atoms with van der Waals surface area (Å²) in [7, 11) is 0. The molecule has 2 heterocycles. The zero-order chi connectivity index (χ0) is 12.7. The summed E-state index contributed by atoms with van der Waals surface area (Å²) in [5.41, 5.74) is 9.58. The van der Waals surface area contributed by atoms with Crippen molar-refractivity contribution in [1.82, 2.24) is 9.97 Å². The molecule has 1 aliphatic carbocycles. The van der Waals surface area contributed by atoms with E-state index in [1.165, 1.54) is 5.69 Å². The van der Waals surface area contributed by atoms with Gasteiger partial charge in [0.25, 0.3) is 0 Å². The molecule has 96 valence electrons. The molecule has 0 radical (unpaired) electrons. The lowest BCUT2D eigenvalue weighted by Gasteiger charge is -2.15. The number of furan rings is 1. The molecule has 0 aromatic carbocycles. The normalized spacial score (nSPS) is 17.1. The maximum Gasteiger partial charge on any atom is 0.124 e. The summed E-state index contributed by atoms with van der Waals surface area (Å²) in [5, 5.41) is 0. The first-order chi connectivity index (χ1) is 8.70. The topological polar surface area (TPSA) is 67.8 Å². The molecule has 18 heavy (non-hydrogen) atoms. The first-order valence-corrected chi connectivity index (χ1v) is 6.61. The van der Waals surface area contributed by atoms with Crippen LogP contribution >= 0.6 is 0 Å². The third kappa shape index (κ3) is 1.68. The van der Waals surface area contributed by atoms with E-state index in [1.807, 2.05) is 6.07 Å². The minimum Gasteiger partial charge on any atom is -0.469 e. The zero-order valence-corrected chi connectivity index (χ0v) is 10.9. The molecule has 2 aromatic rings. The van der Waals surface area contributed by atoms with Gasteiger partial charge in [0.2, 0.25) is 0 Å². The van der Waals surface area contributed by atoms with Crippen LogP contribution in [0, 0.1) is 5.92 Å². The van der Waals surface area contributed by atoms with Gasteiger partial charge in [0.1, 0.15) is 11.6 Å². The number of aryl methyl sites for hydroxylation is 2. The molecule has 3 rings (SSSR count). The lowest BCUT2D eigenvalue weighted by atomic mass is 10.00. The minimum absolute atomic E-state index is 0.0176. The van der Waals surface area contributed by atoms with Gasteiger partial charge < -0.3 is 15.1 Å². The number of aromatic amines is 1. The molecule has 3 N–H and O–H groups in total. The van der Waals surface area contributed by atoms with Crippen molar-refractivity contribution in [3.8, 4) is 11.3 Å². The molecule has 2 unspecified atom stereocenters. The van der Waals surface area contributed by atoms with Crippen LogP contribution in [0.5, 0.6) is 0 Å². The predicted octanol–water partition coefficient (Wildman–Crippen LogP) is 2.81. The number of nitrogens with two attached hydrogens (primary N) is 1. The van der Waals surface area contributed by atoms with E-state index in [-0.39, 0.29) is 6.04 Å². The van der Waals surface area contributed by atoms with Gasteiger partial charge in [-0.1, -0.05) is 20.3 Å². The molecule has 4 heteroatoms. The van der Waals surface area contributed by atoms with Gasteiger partial charge in [0, 0.05) is 17.7 Å². The largest absolute Gasteiger partial charge is 0.469 e. The highest BCUT2D eigenvalue weighted by Gasteiger charge is 2.25. The predicted molar refractivity (Wildman–Crippen MR) is 70.1 cm³/mol. The van der Waals surface area contributed by atoms with Gasteiger partial charge in [0.05, 0.1) is 18.0 Å². The molecule has 0 saturated heterocycles. The lowest BCUT2D eigenvalue weighted by molar-refractivity contribution is 0.441. The molecule has 4 nitrogen and oxygen atoms in total. The number of aromatic nitrogens is 2. The number of hydrogen-bond acceptors (Lipinski definition) is 3. The summed E-state index contributed by atoms with van der Waals surface area (Å²) in [6, 6.07) is 1.98. The number of H-pyrrole nitrogens is 1. The van der Waals surface area contributed by atoms with Gasteiger partial charge in [-0.2, -0.15) is 0 Å². The fourth-order valence-corrected chi connectivity index (χ4v) is 2.50. The van der Waals surface area contributed by atoms with Crippen molar-refractivity contribution in [3.63, 3.8) is 0 Å². The van der Waals surface area contributed by atoms with Crippen LogP contribution in [0.1, 0.15) is 43.6 Å². The summed E-state index contributed by atoms with van der Waals surface area (Å²) in [4.78, 5) is 8.09. The SMILES string of the molecule is CCC(C)C(N)c1nc2c([nH]1)CCc1occc1-2. The van der Waals surface area contributed by atoms with Gasteiger partial charge in [-0.05, 0) is 18.4 Å². The van der Waals surface area contributed by atoms with Crippen LogP contribution < -0.4 is 5.73 Å². The van der Waals surface area contributed by atoms with Crippen molar-refractivity contribution in [3.05, 3.63) is 29.6 Å². The molecule has 1 aliphatic rings. The number of nitrogens with zero attached hydrogens (tertiary/aromatic N) is 1. The van der Waals surface area contributed by atoms with Gasteiger partial charge in [-0.3, -0.25) is 0 Å². The second-order valence-corrected chi connectivity index (χ2v) is 5.12. The summed E-state index contributed by atoms with van der Waals surface area (Å²) in [6.07, 6.45) is 4.69. The van der Waals surface area contributed by atoms with Crippen LogP contribution in [0.2, 0.25) is 0 Å². The third-order valence-electron chi connectivity index (χ3n) is 3.97. The van der Waals surface area contributed by atoms with Crippen LogP contribution in [0.4, 0.5) is 0 Å². The van der Waals surface area contributed by atoms with Crippen molar-refractivity contribution in [2.75, 3.05) is 0 Å². The molecule has 2 atom stereocenters. The van der Waals surface area contributed by atoms with Crippen LogP contribution in [0.15, 0.2) is 16.7 Å². The first-order valence-electron chi connectivity index (χ1n) is 6.61. The van der Waals surface area contributed by atoms with Crippen LogP contribution in [0.25, 0.3) is 11.3 Å². The van der Waals surface area contributed by atoms with Crippen molar-refractivity contribution in [1.29, 1.82) is 0 Å². The second-order valence-electron chi connectivity index (χ2n) is 5.12. The number of fused-ring (bicyclic) bond motifs is 3. The van der Waals surface area contributed by atoms with E-state index in [1.54, 1.807) is 6.26 Å². The van der Waals surface area contributed by atoms with Crippen molar-refractivity contribution in [2.45, 2.75) is 39.2 Å². The van der Waals surface area contributed by atoms with Gasteiger partial charge in [0.15, 0.2) is 0 Å². The summed E-state index contributed by atoms with van der Waals surface area (Å²) in [6.45, 7) is 4.32. The number of hydrogen-bond donors (Lipinski definition) is 2. The van der Waals surface area contributed by atoms with Crippen molar-refractivity contribution in [2.24, 2.45) is 11.7 Å². The average Bonchev–Trinajstić information content (AvgIpc) is 3.01. The van der Waals surface area contributed by atoms with Crippen molar-refractivity contribution < 1.29 is 4.42 Å². The Hall–Kier alpha value is -1.55. The molecule has 0 spiro atoms. The quantitative estimate of drug-likeness (QED) is 0.873. The first kappa shape index (κ1) is 11.5. The zero-order valence-electron chi connectivity index (χ0n) is 10.9. The average molecular weight is 245 g/mol. The third-order valence-corrected chi connectivity index (χ3v) is 3.97. The van der Waals surface area contributed by atoms with Crippen LogP contribution in [-0.4, -0.2) is 9.97 Å². The maximum atomic E-state index is 6.24. The Labute approximate surface area is 107 Å². The highest BCUT2D eigenvalue weighted by atomic mass is 16.3. The molecular formula is C14H19N3O. The summed E-state index contributed by atoms with van der Waals surface area (Å²) < 4.78 is 5.47. The Balaban J connectivity index is 1.99. The van der Waals surface area contributed by atoms with Crippen molar-refractivity contribution >= 4 is 0 Å². The smallest absolute Gasteiger partial charge is 0.124 e. The van der Waals surface area contributed by atoms with Gasteiger partial charge in [-0.25, -0.2) is 4.98 Å². The summed E-state index contributed by atoms with van der Waals surface area (Å²) >= 11 is 0. The molecule has 0 amide bonds. The van der Waals surface area contributed by atoms with E-state index in [2.05, 4.69) is 18.8 Å². The Morgan fingerprint density at radius 2 is 2.33 bits per heavy atom.